The summed E-state index contributed by atoms with van der Waals surface area (Å²) >= 11 is 1.59. The van der Waals surface area contributed by atoms with E-state index in [0.29, 0.717) is 11.8 Å². The fourth-order valence-corrected chi connectivity index (χ4v) is 2.64. The number of carbonyl (C=O) groups is 1. The van der Waals surface area contributed by atoms with Crippen molar-refractivity contribution in [2.75, 3.05) is 18.0 Å². The van der Waals surface area contributed by atoms with Crippen LogP contribution in [0.4, 0.5) is 18.9 Å². The topological polar surface area (TPSA) is 41.1 Å². The molecule has 0 fully saturated rings. The highest BCUT2D eigenvalue weighted by Crippen LogP contribution is 2.29. The van der Waals surface area contributed by atoms with Crippen molar-refractivity contribution in [2.24, 2.45) is 0 Å². The van der Waals surface area contributed by atoms with Gasteiger partial charge in [-0.05, 0) is 54.1 Å². The van der Waals surface area contributed by atoms with Crippen LogP contribution in [0.15, 0.2) is 55.1 Å². The smallest absolute Gasteiger partial charge is 0.329 e. The molecule has 0 bridgehead atoms. The summed E-state index contributed by atoms with van der Waals surface area (Å²) in [4.78, 5) is 9.94. The third kappa shape index (κ3) is 8.02. The lowest BCUT2D eigenvalue weighted by molar-refractivity contribution is -0.137. The Morgan fingerprint density at radius 1 is 1.14 bits per heavy atom. The van der Waals surface area contributed by atoms with Crippen molar-refractivity contribution in [3.63, 3.8) is 0 Å². The van der Waals surface area contributed by atoms with Gasteiger partial charge in [-0.1, -0.05) is 48.9 Å². The number of nitrogens with one attached hydrogen (secondary N) is 2. The summed E-state index contributed by atoms with van der Waals surface area (Å²) in [5, 5.41) is 3.13. The maximum absolute atomic E-state index is 12.1. The lowest BCUT2D eigenvalue weighted by Crippen LogP contribution is -2.05. The molecule has 7 heteroatoms. The Balaban J connectivity index is 0.000000280. The van der Waals surface area contributed by atoms with Crippen LogP contribution in [0, 0.1) is 0 Å². The van der Waals surface area contributed by atoms with E-state index in [1.807, 2.05) is 19.4 Å². The first kappa shape index (κ1) is 23.5. The number of hydrogen-bond acceptors (Lipinski definition) is 4. The number of allylic oxidation sites excluding steroid dienone is 1. The monoisotopic (exact) mass is 408 g/mol. The summed E-state index contributed by atoms with van der Waals surface area (Å²) < 4.78 is 39.5. The highest BCUT2D eigenvalue weighted by Gasteiger charge is 2.29. The van der Waals surface area contributed by atoms with Gasteiger partial charge in [0.05, 0.1) is 11.3 Å². The van der Waals surface area contributed by atoms with Crippen LogP contribution in [0.1, 0.15) is 22.3 Å². The molecule has 0 unspecified atom stereocenters. The Labute approximate surface area is 167 Å². The van der Waals surface area contributed by atoms with Crippen molar-refractivity contribution < 1.29 is 18.0 Å². The zero-order chi connectivity index (χ0) is 21.0. The maximum Gasteiger partial charge on any atom is 0.416 e. The molecular formula is C21H23F3N2OS. The van der Waals surface area contributed by atoms with Gasteiger partial charge in [-0.15, -0.1) is 0 Å². The fourth-order valence-electron chi connectivity index (χ4n) is 2.23. The van der Waals surface area contributed by atoms with Crippen molar-refractivity contribution in [3.8, 4) is 0 Å². The van der Waals surface area contributed by atoms with Crippen molar-refractivity contribution in [1.29, 1.82) is 0 Å². The van der Waals surface area contributed by atoms with Gasteiger partial charge in [0.25, 0.3) is 0 Å². The number of anilines is 1. The van der Waals surface area contributed by atoms with E-state index >= 15 is 0 Å². The molecule has 0 spiro atoms. The van der Waals surface area contributed by atoms with Crippen LogP contribution < -0.4 is 10.0 Å². The van der Waals surface area contributed by atoms with Gasteiger partial charge in [0.15, 0.2) is 0 Å². The van der Waals surface area contributed by atoms with Crippen LogP contribution in [0.5, 0.6) is 0 Å². The Bertz CT molecular complexity index is 787. The minimum absolute atomic E-state index is 0.560. The van der Waals surface area contributed by atoms with E-state index in [2.05, 4.69) is 34.8 Å². The Hall–Kier alpha value is -2.51. The van der Waals surface area contributed by atoms with Crippen LogP contribution in [0.25, 0.3) is 12.2 Å². The van der Waals surface area contributed by atoms with Crippen molar-refractivity contribution >= 4 is 36.1 Å². The maximum atomic E-state index is 12.1. The van der Waals surface area contributed by atoms with E-state index in [9.17, 15) is 18.0 Å². The molecule has 2 rings (SSSR count). The second-order valence-electron chi connectivity index (χ2n) is 5.58. The average molecular weight is 408 g/mol. The molecule has 2 N–H and O–H groups in total. The Kier molecular flexibility index (Phi) is 10.1. The molecule has 150 valence electrons. The highest BCUT2D eigenvalue weighted by atomic mass is 32.2. The van der Waals surface area contributed by atoms with Gasteiger partial charge in [-0.25, -0.2) is 0 Å². The number of halogens is 3. The Morgan fingerprint density at radius 3 is 2.32 bits per heavy atom. The fraction of sp³-hybridized carbons (Fsp3) is 0.190. The predicted molar refractivity (Wildman–Crippen MR) is 113 cm³/mol. The van der Waals surface area contributed by atoms with Gasteiger partial charge in [0, 0.05) is 12.8 Å². The first-order valence-electron chi connectivity index (χ1n) is 8.33. The average Bonchev–Trinajstić information content (AvgIpc) is 2.68. The van der Waals surface area contributed by atoms with Gasteiger partial charge >= 0.3 is 6.18 Å². The zero-order valence-corrected chi connectivity index (χ0v) is 16.5. The molecule has 28 heavy (non-hydrogen) atoms. The highest BCUT2D eigenvalue weighted by molar-refractivity contribution is 7.99. The number of carbonyl (C=O) groups excluding carboxylic acids is 1. The Morgan fingerprint density at radius 2 is 1.82 bits per heavy atom. The molecule has 0 radical (unpaired) electrons. The van der Waals surface area contributed by atoms with Crippen LogP contribution in [0.2, 0.25) is 0 Å². The predicted octanol–water partition coefficient (Wildman–Crippen LogP) is 5.66. The molecule has 0 aromatic heterocycles. The molecule has 0 saturated carbocycles. The lowest BCUT2D eigenvalue weighted by Gasteiger charge is -2.08. The van der Waals surface area contributed by atoms with Gasteiger partial charge in [-0.2, -0.15) is 13.2 Å². The molecule has 0 aliphatic heterocycles. The molecule has 0 aliphatic carbocycles. The number of rotatable bonds is 7. The number of benzene rings is 2. The first-order valence-corrected chi connectivity index (χ1v) is 9.56. The molecular weight excluding hydrogens is 385 g/mol. The summed E-state index contributed by atoms with van der Waals surface area (Å²) in [5.41, 5.74) is 3.40. The minimum Gasteiger partial charge on any atom is -0.329 e. The lowest BCUT2D eigenvalue weighted by atomic mass is 10.1. The van der Waals surface area contributed by atoms with Gasteiger partial charge in [0.1, 0.15) is 6.29 Å². The summed E-state index contributed by atoms with van der Waals surface area (Å²) in [6, 6.07) is 10.9. The zero-order valence-electron chi connectivity index (χ0n) is 15.7. The van der Waals surface area contributed by atoms with Crippen LogP contribution in [-0.4, -0.2) is 19.6 Å². The van der Waals surface area contributed by atoms with Crippen molar-refractivity contribution in [1.82, 2.24) is 5.32 Å². The normalized spacial score (nSPS) is 10.9. The van der Waals surface area contributed by atoms with Gasteiger partial charge in [0.2, 0.25) is 0 Å². The SMILES string of the molecule is C=Cc1cc(CNC)ccc1NSC.O=C/C=C/c1ccc(C(F)(F)F)cc1. The standard InChI is InChI=1S/C11H16N2S.C10H7F3O/c1-4-10-7-9(8-12-2)5-6-11(10)13-14-3;11-10(12,13)9-5-3-8(4-6-9)2-1-7-14/h4-7,12-13H,1,8H2,2-3H3;1-7H/b;2-1+. The third-order valence-corrected chi connectivity index (χ3v) is 3.96. The molecule has 0 amide bonds. The first-order chi connectivity index (χ1) is 13.3. The quantitative estimate of drug-likeness (QED) is 0.353. The molecule has 2 aromatic rings. The van der Waals surface area contributed by atoms with Crippen molar-refractivity contribution in [2.45, 2.75) is 12.7 Å². The number of hydrogen-bond donors (Lipinski definition) is 2. The third-order valence-electron chi connectivity index (χ3n) is 3.53. The van der Waals surface area contributed by atoms with E-state index in [4.69, 9.17) is 0 Å². The molecule has 3 nitrogen and oxygen atoms in total. The number of aldehydes is 1. The van der Waals surface area contributed by atoms with Gasteiger partial charge in [-0.3, -0.25) is 4.79 Å². The summed E-state index contributed by atoms with van der Waals surface area (Å²) in [6.45, 7) is 4.69. The molecule has 0 aliphatic rings. The molecule has 2 aromatic carbocycles. The van der Waals surface area contributed by atoms with E-state index in [-0.39, 0.29) is 0 Å². The molecule has 0 saturated heterocycles. The second kappa shape index (κ2) is 12.0. The van der Waals surface area contributed by atoms with Crippen LogP contribution in [0.3, 0.4) is 0 Å². The summed E-state index contributed by atoms with van der Waals surface area (Å²) in [7, 11) is 1.95. The van der Waals surface area contributed by atoms with Gasteiger partial charge < -0.3 is 10.0 Å². The molecule has 0 heterocycles. The summed E-state index contributed by atoms with van der Waals surface area (Å²) in [6.07, 6.45) is 2.80. The van der Waals surface area contributed by atoms with E-state index in [1.165, 1.54) is 29.8 Å². The van der Waals surface area contributed by atoms with E-state index in [0.717, 1.165) is 29.9 Å². The van der Waals surface area contributed by atoms with Crippen molar-refractivity contribution in [3.05, 3.63) is 77.4 Å². The van der Waals surface area contributed by atoms with E-state index in [1.54, 1.807) is 11.9 Å². The summed E-state index contributed by atoms with van der Waals surface area (Å²) in [5.74, 6) is 0. The van der Waals surface area contributed by atoms with Crippen LogP contribution in [-0.2, 0) is 17.5 Å². The number of alkyl halides is 3. The van der Waals surface area contributed by atoms with E-state index < -0.39 is 11.7 Å². The largest absolute Gasteiger partial charge is 0.416 e. The molecule has 0 atom stereocenters. The van der Waals surface area contributed by atoms with Crippen LogP contribution >= 0.6 is 11.9 Å². The minimum atomic E-state index is -4.31. The second-order valence-corrected chi connectivity index (χ2v) is 6.19.